The van der Waals surface area contributed by atoms with Gasteiger partial charge in [-0.2, -0.15) is 0 Å². The van der Waals surface area contributed by atoms with Crippen LogP contribution in [0.15, 0.2) is 0 Å². The Kier molecular flexibility index (Phi) is 3.56. The maximum atomic E-state index is 4.14. The fraction of sp³-hybridized carbons (Fsp3) is 0.818. The van der Waals surface area contributed by atoms with Crippen LogP contribution >= 0.6 is 0 Å². The quantitative estimate of drug-likeness (QED) is 0.798. The summed E-state index contributed by atoms with van der Waals surface area (Å²) in [5.41, 5.74) is 0. The normalized spacial score (nSPS) is 21.8. The number of hydrogen-bond donors (Lipinski definition) is 1. The van der Waals surface area contributed by atoms with Gasteiger partial charge in [0.1, 0.15) is 11.6 Å². The molecular formula is C11H21N5. The molecule has 0 amide bonds. The fourth-order valence-corrected chi connectivity index (χ4v) is 2.19. The van der Waals surface area contributed by atoms with Crippen LogP contribution in [0, 0.1) is 6.92 Å². The number of nitrogens with zero attached hydrogens (tertiary/aromatic N) is 4. The zero-order chi connectivity index (χ0) is 11.5. The lowest BCUT2D eigenvalue weighted by Crippen LogP contribution is -2.35. The zero-order valence-electron chi connectivity index (χ0n) is 10.4. The maximum absolute atomic E-state index is 4.14. The third-order valence-electron chi connectivity index (χ3n) is 3.52. The van der Waals surface area contributed by atoms with Crippen LogP contribution in [0.5, 0.6) is 0 Å². The lowest BCUT2D eigenvalue weighted by Gasteiger charge is -2.19. The first-order chi connectivity index (χ1) is 7.68. The van der Waals surface area contributed by atoms with Gasteiger partial charge < -0.3 is 14.8 Å². The Morgan fingerprint density at radius 3 is 2.75 bits per heavy atom. The molecule has 0 saturated carbocycles. The average Bonchev–Trinajstić information content (AvgIpc) is 2.80. The third kappa shape index (κ3) is 2.41. The Bertz CT molecular complexity index is 346. The molecule has 1 aromatic rings. The van der Waals surface area contributed by atoms with Crippen molar-refractivity contribution in [3.8, 4) is 0 Å². The highest BCUT2D eigenvalue weighted by Gasteiger charge is 2.20. The molecule has 0 bridgehead atoms. The van der Waals surface area contributed by atoms with Crippen molar-refractivity contribution in [2.45, 2.75) is 32.4 Å². The molecule has 2 heterocycles. The van der Waals surface area contributed by atoms with E-state index < -0.39 is 0 Å². The van der Waals surface area contributed by atoms with Crippen LogP contribution in [0.1, 0.15) is 24.5 Å². The predicted molar refractivity (Wildman–Crippen MR) is 63.1 cm³/mol. The van der Waals surface area contributed by atoms with Gasteiger partial charge in [-0.25, -0.2) is 0 Å². The highest BCUT2D eigenvalue weighted by atomic mass is 15.3. The van der Waals surface area contributed by atoms with Gasteiger partial charge in [0.15, 0.2) is 0 Å². The summed E-state index contributed by atoms with van der Waals surface area (Å²) in [5, 5.41) is 11.6. The number of hydrogen-bond acceptors (Lipinski definition) is 4. The second-order valence-corrected chi connectivity index (χ2v) is 4.63. The minimum Gasteiger partial charge on any atom is -0.317 e. The van der Waals surface area contributed by atoms with Crippen LogP contribution in [-0.4, -0.2) is 45.8 Å². The highest BCUT2D eigenvalue weighted by Crippen LogP contribution is 2.13. The molecule has 0 spiro atoms. The first kappa shape index (κ1) is 11.5. The van der Waals surface area contributed by atoms with E-state index in [1.807, 2.05) is 18.5 Å². The van der Waals surface area contributed by atoms with Crippen molar-refractivity contribution < 1.29 is 0 Å². The summed E-state index contributed by atoms with van der Waals surface area (Å²) in [6.45, 7) is 5.06. The van der Waals surface area contributed by atoms with E-state index in [4.69, 9.17) is 0 Å². The van der Waals surface area contributed by atoms with Crippen LogP contribution in [0.3, 0.4) is 0 Å². The second-order valence-electron chi connectivity index (χ2n) is 4.63. The monoisotopic (exact) mass is 223 g/mol. The molecule has 5 heteroatoms. The van der Waals surface area contributed by atoms with Crippen LogP contribution < -0.4 is 5.32 Å². The van der Waals surface area contributed by atoms with Gasteiger partial charge in [0.2, 0.25) is 0 Å². The van der Waals surface area contributed by atoms with E-state index in [1.165, 1.54) is 19.4 Å². The second kappa shape index (κ2) is 4.93. The predicted octanol–water partition coefficient (Wildman–Crippen LogP) is 0.307. The van der Waals surface area contributed by atoms with E-state index in [2.05, 4.69) is 27.5 Å². The molecule has 2 rings (SSSR count). The number of aryl methyl sites for hydroxylation is 1. The van der Waals surface area contributed by atoms with Gasteiger partial charge >= 0.3 is 0 Å². The summed E-state index contributed by atoms with van der Waals surface area (Å²) in [4.78, 5) is 2.43. The van der Waals surface area contributed by atoms with Gasteiger partial charge in [-0.05, 0) is 33.4 Å². The van der Waals surface area contributed by atoms with Gasteiger partial charge in [-0.3, -0.25) is 0 Å². The van der Waals surface area contributed by atoms with Crippen LogP contribution in [0.25, 0.3) is 0 Å². The van der Waals surface area contributed by atoms with Crippen LogP contribution in [0.2, 0.25) is 0 Å². The van der Waals surface area contributed by atoms with E-state index in [0.717, 1.165) is 24.7 Å². The fourth-order valence-electron chi connectivity index (χ4n) is 2.19. The van der Waals surface area contributed by atoms with Gasteiger partial charge in [-0.15, -0.1) is 10.2 Å². The molecule has 1 fully saturated rings. The molecule has 1 atom stereocenters. The SMILES string of the molecule is Cc1nnc(CNCC2CCCN2C)n1C. The molecule has 1 aromatic heterocycles. The third-order valence-corrected chi connectivity index (χ3v) is 3.52. The van der Waals surface area contributed by atoms with E-state index in [0.29, 0.717) is 6.04 Å². The minimum absolute atomic E-state index is 0.689. The Hall–Kier alpha value is -0.940. The number of likely N-dealkylation sites (tertiary alicyclic amines) is 1. The first-order valence-corrected chi connectivity index (χ1v) is 5.94. The molecule has 5 nitrogen and oxygen atoms in total. The molecule has 0 radical (unpaired) electrons. The van der Waals surface area contributed by atoms with E-state index in [-0.39, 0.29) is 0 Å². The summed E-state index contributed by atoms with van der Waals surface area (Å²) in [5.74, 6) is 1.98. The topological polar surface area (TPSA) is 46.0 Å². The minimum atomic E-state index is 0.689. The van der Waals surface area contributed by atoms with Crippen molar-refractivity contribution in [2.75, 3.05) is 20.1 Å². The van der Waals surface area contributed by atoms with Crippen molar-refractivity contribution in [2.24, 2.45) is 7.05 Å². The van der Waals surface area contributed by atoms with Crippen molar-refractivity contribution in [1.82, 2.24) is 25.0 Å². The van der Waals surface area contributed by atoms with Crippen LogP contribution in [-0.2, 0) is 13.6 Å². The van der Waals surface area contributed by atoms with Crippen molar-refractivity contribution >= 4 is 0 Å². The standard InChI is InChI=1S/C11H21N5/c1-9-13-14-11(16(9)3)8-12-7-10-5-4-6-15(10)2/h10,12H,4-8H2,1-3H3. The molecule has 0 aliphatic carbocycles. The smallest absolute Gasteiger partial charge is 0.146 e. The van der Waals surface area contributed by atoms with Gasteiger partial charge in [0, 0.05) is 19.6 Å². The van der Waals surface area contributed by atoms with Gasteiger partial charge in [-0.1, -0.05) is 0 Å². The van der Waals surface area contributed by atoms with Crippen molar-refractivity contribution in [1.29, 1.82) is 0 Å². The molecule has 1 N–H and O–H groups in total. The highest BCUT2D eigenvalue weighted by molar-refractivity contribution is 4.92. The molecule has 0 aromatic carbocycles. The molecule has 1 unspecified atom stereocenters. The number of nitrogens with one attached hydrogen (secondary N) is 1. The van der Waals surface area contributed by atoms with E-state index in [9.17, 15) is 0 Å². The summed E-state index contributed by atoms with van der Waals surface area (Å²) < 4.78 is 2.03. The maximum Gasteiger partial charge on any atom is 0.146 e. The first-order valence-electron chi connectivity index (χ1n) is 5.94. The summed E-state index contributed by atoms with van der Waals surface area (Å²) in [7, 11) is 4.21. The van der Waals surface area contributed by atoms with E-state index >= 15 is 0 Å². The molecule has 1 aliphatic heterocycles. The summed E-state index contributed by atoms with van der Waals surface area (Å²) in [6, 6.07) is 0.689. The number of aromatic nitrogens is 3. The Morgan fingerprint density at radius 2 is 2.19 bits per heavy atom. The van der Waals surface area contributed by atoms with Gasteiger partial charge in [0.05, 0.1) is 6.54 Å². The molecule has 16 heavy (non-hydrogen) atoms. The Morgan fingerprint density at radius 1 is 1.38 bits per heavy atom. The number of rotatable bonds is 4. The Balaban J connectivity index is 1.77. The van der Waals surface area contributed by atoms with Crippen molar-refractivity contribution in [3.05, 3.63) is 11.6 Å². The number of likely N-dealkylation sites (N-methyl/N-ethyl adjacent to an activating group) is 1. The molecule has 1 aliphatic rings. The van der Waals surface area contributed by atoms with E-state index in [1.54, 1.807) is 0 Å². The average molecular weight is 223 g/mol. The van der Waals surface area contributed by atoms with Gasteiger partial charge in [0.25, 0.3) is 0 Å². The summed E-state index contributed by atoms with van der Waals surface area (Å²) in [6.07, 6.45) is 2.63. The lowest BCUT2D eigenvalue weighted by atomic mass is 10.2. The summed E-state index contributed by atoms with van der Waals surface area (Å²) >= 11 is 0. The molecule has 1 saturated heterocycles. The van der Waals surface area contributed by atoms with Crippen molar-refractivity contribution in [3.63, 3.8) is 0 Å². The van der Waals surface area contributed by atoms with Crippen LogP contribution in [0.4, 0.5) is 0 Å². The lowest BCUT2D eigenvalue weighted by molar-refractivity contribution is 0.299. The largest absolute Gasteiger partial charge is 0.317 e. The zero-order valence-corrected chi connectivity index (χ0v) is 10.4. The molecular weight excluding hydrogens is 202 g/mol. The molecule has 90 valence electrons. The Labute approximate surface area is 96.8 Å².